The van der Waals surface area contributed by atoms with Crippen LogP contribution < -0.4 is 16.0 Å². The maximum Gasteiger partial charge on any atom is 0.168 e. The van der Waals surface area contributed by atoms with Crippen molar-refractivity contribution in [2.24, 2.45) is 9.98 Å². The van der Waals surface area contributed by atoms with Gasteiger partial charge in [0.2, 0.25) is 0 Å². The Morgan fingerprint density at radius 1 is 0.520 bits per heavy atom. The molecule has 0 radical (unpaired) electrons. The van der Waals surface area contributed by atoms with E-state index in [9.17, 15) is 0 Å². The molecule has 240 valence electrons. The molecule has 50 heavy (non-hydrogen) atoms. The number of aromatic nitrogens is 2. The summed E-state index contributed by atoms with van der Waals surface area (Å²) in [5, 5.41) is 16.0. The van der Waals surface area contributed by atoms with Gasteiger partial charge in [0.1, 0.15) is 11.7 Å². The van der Waals surface area contributed by atoms with Crippen molar-refractivity contribution in [3.8, 4) is 5.69 Å². The Bertz CT molecular complexity index is 2590. The largest absolute Gasteiger partial charge is 0.359 e. The maximum atomic E-state index is 5.09. The normalized spacial score (nSPS) is 16.6. The lowest BCUT2D eigenvalue weighted by atomic mass is 10.1. The number of para-hydroxylation sites is 3. The minimum absolute atomic E-state index is 0.176. The second kappa shape index (κ2) is 11.6. The molecule has 1 unspecified atom stereocenters. The molecule has 3 N–H and O–H groups in total. The van der Waals surface area contributed by atoms with Crippen molar-refractivity contribution < 1.29 is 0 Å². The molecule has 2 aliphatic rings. The topological polar surface area (TPSA) is 70.7 Å². The van der Waals surface area contributed by atoms with E-state index in [2.05, 4.69) is 147 Å². The van der Waals surface area contributed by atoms with Crippen LogP contribution in [0.1, 0.15) is 17.4 Å². The summed E-state index contributed by atoms with van der Waals surface area (Å²) in [6, 6.07) is 53.3. The predicted molar refractivity (Wildman–Crippen MR) is 205 cm³/mol. The van der Waals surface area contributed by atoms with Crippen LogP contribution in [0.4, 0.5) is 0 Å². The number of aliphatic imine (C=N–C) groups is 2. The number of rotatable bonds is 5. The van der Waals surface area contributed by atoms with E-state index in [4.69, 9.17) is 9.98 Å². The van der Waals surface area contributed by atoms with E-state index in [-0.39, 0.29) is 12.5 Å². The van der Waals surface area contributed by atoms with Crippen LogP contribution in [-0.2, 0) is 0 Å². The highest BCUT2D eigenvalue weighted by Crippen LogP contribution is 2.39. The molecule has 0 spiro atoms. The van der Waals surface area contributed by atoms with Gasteiger partial charge >= 0.3 is 0 Å². The fraction of sp³-hybridized carbons (Fsp3) is 0.0698. The quantitative estimate of drug-likeness (QED) is 0.176. The molecule has 1 atom stereocenters. The van der Waals surface area contributed by atoms with Gasteiger partial charge in [0, 0.05) is 56.7 Å². The summed E-state index contributed by atoms with van der Waals surface area (Å²) < 4.78 is 4.78. The number of hydrogen-bond donors (Lipinski definition) is 3. The SMILES string of the molecule is C1=C(C2N=C(c3ccccc3)NC(c3ccccc3)=N2)CNC(n2c3ccccc3c3cc4c5ccccc5n(-c5ccccc5)c4cc32)N1. The van der Waals surface area contributed by atoms with Gasteiger partial charge in [-0.05, 0) is 36.4 Å². The highest BCUT2D eigenvalue weighted by molar-refractivity contribution is 6.19. The molecule has 4 heterocycles. The zero-order valence-corrected chi connectivity index (χ0v) is 27.2. The smallest absolute Gasteiger partial charge is 0.168 e. The molecular formula is C43H33N7. The molecule has 0 amide bonds. The standard InChI is InChI=1S/C43H33N7/c1-4-14-28(15-5-1)40-46-41(29-16-6-2-7-17-29)48-42(47-40)30-26-44-43(45-27-30)50-37-23-13-11-21-33(37)35-24-34-32-20-10-12-22-36(32)49(38(34)25-39(35)50)31-18-8-3-9-19-31/h1-26,42-45H,27H2,(H,46,47,48). The lowest BCUT2D eigenvalue weighted by Gasteiger charge is -2.31. The number of hydrogen-bond acceptors (Lipinski definition) is 5. The third-order valence-electron chi connectivity index (χ3n) is 9.87. The third-order valence-corrected chi connectivity index (χ3v) is 9.87. The lowest BCUT2D eigenvalue weighted by molar-refractivity contribution is 0.373. The molecule has 10 rings (SSSR count). The summed E-state index contributed by atoms with van der Waals surface area (Å²) in [4.78, 5) is 10.2. The van der Waals surface area contributed by atoms with Crippen molar-refractivity contribution in [3.05, 3.63) is 175 Å². The van der Waals surface area contributed by atoms with Crippen molar-refractivity contribution in [3.63, 3.8) is 0 Å². The van der Waals surface area contributed by atoms with Gasteiger partial charge in [-0.2, -0.15) is 0 Å². The van der Waals surface area contributed by atoms with Crippen LogP contribution in [0.5, 0.6) is 0 Å². The molecule has 2 aromatic heterocycles. The van der Waals surface area contributed by atoms with Crippen LogP contribution in [0.2, 0.25) is 0 Å². The first kappa shape index (κ1) is 28.6. The summed E-state index contributed by atoms with van der Waals surface area (Å²) in [6.07, 6.45) is 1.56. The van der Waals surface area contributed by atoms with Crippen LogP contribution in [0.3, 0.4) is 0 Å². The Kier molecular flexibility index (Phi) is 6.63. The van der Waals surface area contributed by atoms with Crippen LogP contribution >= 0.6 is 0 Å². The molecule has 0 saturated carbocycles. The van der Waals surface area contributed by atoms with Gasteiger partial charge in [-0.15, -0.1) is 0 Å². The highest BCUT2D eigenvalue weighted by Gasteiger charge is 2.27. The zero-order valence-electron chi connectivity index (χ0n) is 27.2. The van der Waals surface area contributed by atoms with Crippen molar-refractivity contribution in [1.29, 1.82) is 0 Å². The summed E-state index contributed by atoms with van der Waals surface area (Å²) in [5.41, 5.74) is 8.99. The van der Waals surface area contributed by atoms with Crippen LogP contribution in [0, 0.1) is 0 Å². The summed E-state index contributed by atoms with van der Waals surface area (Å²) >= 11 is 0. The molecule has 8 aromatic rings. The molecular weight excluding hydrogens is 615 g/mol. The average molecular weight is 648 g/mol. The lowest BCUT2D eigenvalue weighted by Crippen LogP contribution is -2.44. The average Bonchev–Trinajstić information content (AvgIpc) is 3.70. The molecule has 0 fully saturated rings. The fourth-order valence-corrected chi connectivity index (χ4v) is 7.54. The highest BCUT2D eigenvalue weighted by atomic mass is 15.3. The van der Waals surface area contributed by atoms with Gasteiger partial charge < -0.3 is 19.8 Å². The van der Waals surface area contributed by atoms with Crippen molar-refractivity contribution in [1.82, 2.24) is 25.1 Å². The van der Waals surface area contributed by atoms with E-state index in [1.54, 1.807) is 0 Å². The first-order chi connectivity index (χ1) is 24.8. The van der Waals surface area contributed by atoms with Crippen molar-refractivity contribution in [2.45, 2.75) is 12.5 Å². The third kappa shape index (κ3) is 4.63. The maximum absolute atomic E-state index is 5.09. The molecule has 7 heteroatoms. The summed E-state index contributed by atoms with van der Waals surface area (Å²) in [7, 11) is 0. The van der Waals surface area contributed by atoms with E-state index >= 15 is 0 Å². The van der Waals surface area contributed by atoms with Crippen molar-refractivity contribution >= 4 is 55.3 Å². The summed E-state index contributed by atoms with van der Waals surface area (Å²) in [5.74, 6) is 1.63. The van der Waals surface area contributed by atoms with Gasteiger partial charge in [0.25, 0.3) is 0 Å². The second-order valence-corrected chi connectivity index (χ2v) is 12.8. The van der Waals surface area contributed by atoms with Gasteiger partial charge in [-0.25, -0.2) is 9.98 Å². The Labute approximate surface area is 288 Å². The Balaban J connectivity index is 1.09. The monoisotopic (exact) mass is 647 g/mol. The summed E-state index contributed by atoms with van der Waals surface area (Å²) in [6.45, 7) is 0.625. The van der Waals surface area contributed by atoms with Gasteiger partial charge in [-0.1, -0.05) is 115 Å². The van der Waals surface area contributed by atoms with E-state index in [1.807, 2.05) is 36.4 Å². The zero-order chi connectivity index (χ0) is 33.0. The van der Waals surface area contributed by atoms with Gasteiger partial charge in [0.05, 0.1) is 22.1 Å². The van der Waals surface area contributed by atoms with E-state index in [1.165, 1.54) is 38.1 Å². The van der Waals surface area contributed by atoms with Crippen LogP contribution in [0.25, 0.3) is 49.3 Å². The molecule has 0 aliphatic carbocycles. The number of fused-ring (bicyclic) bond motifs is 6. The molecule has 0 saturated heterocycles. The Morgan fingerprint density at radius 2 is 1.08 bits per heavy atom. The number of nitrogens with zero attached hydrogens (tertiary/aromatic N) is 4. The number of nitrogens with one attached hydrogen (secondary N) is 3. The van der Waals surface area contributed by atoms with E-state index in [0.29, 0.717) is 6.54 Å². The van der Waals surface area contributed by atoms with Crippen LogP contribution in [-0.4, -0.2) is 33.5 Å². The Morgan fingerprint density at radius 3 is 1.72 bits per heavy atom. The minimum atomic E-state index is -0.373. The van der Waals surface area contributed by atoms with Crippen LogP contribution in [0.15, 0.2) is 173 Å². The predicted octanol–water partition coefficient (Wildman–Crippen LogP) is 8.25. The van der Waals surface area contributed by atoms with Gasteiger partial charge in [-0.3, -0.25) is 5.32 Å². The second-order valence-electron chi connectivity index (χ2n) is 12.8. The van der Waals surface area contributed by atoms with E-state index < -0.39 is 0 Å². The van der Waals surface area contributed by atoms with Crippen molar-refractivity contribution in [2.75, 3.05) is 6.54 Å². The number of benzene rings is 6. The molecule has 2 aliphatic heterocycles. The Hall–Kier alpha value is -6.44. The first-order valence-corrected chi connectivity index (χ1v) is 17.0. The molecule has 0 bridgehead atoms. The molecule has 6 aromatic carbocycles. The number of amidine groups is 2. The molecule has 7 nitrogen and oxygen atoms in total. The first-order valence-electron chi connectivity index (χ1n) is 17.0. The minimum Gasteiger partial charge on any atom is -0.359 e. The van der Waals surface area contributed by atoms with Gasteiger partial charge in [0.15, 0.2) is 12.5 Å². The fourth-order valence-electron chi connectivity index (χ4n) is 7.54. The van der Waals surface area contributed by atoms with E-state index in [0.717, 1.165) is 39.6 Å².